The van der Waals surface area contributed by atoms with Gasteiger partial charge in [-0.1, -0.05) is 12.1 Å². The van der Waals surface area contributed by atoms with Crippen LogP contribution in [0.4, 0.5) is 0 Å². The summed E-state index contributed by atoms with van der Waals surface area (Å²) < 4.78 is 5.04. The fourth-order valence-electron chi connectivity index (χ4n) is 1.15. The number of carboxylic acid groups (broad SMARTS) is 1. The van der Waals surface area contributed by atoms with E-state index in [4.69, 9.17) is 15.6 Å². The molecule has 0 aliphatic heterocycles. The molecule has 0 bridgehead atoms. The maximum atomic E-state index is 10.7. The number of primary amides is 1. The van der Waals surface area contributed by atoms with Crippen LogP contribution in [0.3, 0.4) is 0 Å². The molecule has 1 amide bonds. The van der Waals surface area contributed by atoms with Crippen molar-refractivity contribution in [1.82, 2.24) is 0 Å². The molecular weight excluding hydrogens is 210 g/mol. The molecule has 5 nitrogen and oxygen atoms in total. The Morgan fingerprint density at radius 2 is 1.94 bits per heavy atom. The lowest BCUT2D eigenvalue weighted by atomic mass is 10.0. The minimum Gasteiger partial charge on any atom is -0.484 e. The molecule has 16 heavy (non-hydrogen) atoms. The molecule has 5 heteroatoms. The summed E-state index contributed by atoms with van der Waals surface area (Å²) in [5.74, 6) is -1.51. The first-order valence-corrected chi connectivity index (χ1v) is 4.74. The molecule has 0 saturated carbocycles. The van der Waals surface area contributed by atoms with Crippen LogP contribution in [-0.2, 0) is 9.59 Å². The zero-order chi connectivity index (χ0) is 12.1. The molecule has 0 radical (unpaired) electrons. The average Bonchev–Trinajstić information content (AvgIpc) is 2.26. The topological polar surface area (TPSA) is 89.6 Å². The van der Waals surface area contributed by atoms with E-state index in [1.165, 1.54) is 0 Å². The molecule has 0 aromatic heterocycles. The van der Waals surface area contributed by atoms with Crippen molar-refractivity contribution in [3.8, 4) is 5.75 Å². The lowest BCUT2D eigenvalue weighted by Crippen LogP contribution is -2.20. The number of nitrogens with two attached hydrogens (primary N) is 1. The second kappa shape index (κ2) is 5.16. The summed E-state index contributed by atoms with van der Waals surface area (Å²) in [7, 11) is 0. The highest BCUT2D eigenvalue weighted by Gasteiger charge is 2.13. The van der Waals surface area contributed by atoms with E-state index < -0.39 is 17.8 Å². The van der Waals surface area contributed by atoms with E-state index in [0.717, 1.165) is 0 Å². The van der Waals surface area contributed by atoms with Gasteiger partial charge in [-0.3, -0.25) is 9.59 Å². The van der Waals surface area contributed by atoms with Crippen LogP contribution in [0.25, 0.3) is 0 Å². The lowest BCUT2D eigenvalue weighted by Gasteiger charge is -2.08. The van der Waals surface area contributed by atoms with Crippen molar-refractivity contribution < 1.29 is 19.4 Å². The third-order valence-electron chi connectivity index (χ3n) is 2.13. The van der Waals surface area contributed by atoms with Crippen molar-refractivity contribution in [3.63, 3.8) is 0 Å². The molecule has 0 aliphatic rings. The summed E-state index contributed by atoms with van der Waals surface area (Å²) in [6.45, 7) is 1.41. The SMILES string of the molecule is CC(C(=O)O)c1ccc(OCC(N)=O)cc1. The molecule has 86 valence electrons. The number of rotatable bonds is 5. The number of aliphatic carboxylic acids is 1. The third kappa shape index (κ3) is 3.27. The van der Waals surface area contributed by atoms with Crippen LogP contribution >= 0.6 is 0 Å². The number of carbonyl (C=O) groups is 2. The van der Waals surface area contributed by atoms with Crippen LogP contribution in [0.5, 0.6) is 5.75 Å². The second-order valence-electron chi connectivity index (χ2n) is 3.38. The molecule has 0 aliphatic carbocycles. The van der Waals surface area contributed by atoms with Gasteiger partial charge in [-0.05, 0) is 24.6 Å². The Hall–Kier alpha value is -2.04. The molecule has 1 aromatic carbocycles. The second-order valence-corrected chi connectivity index (χ2v) is 3.38. The van der Waals surface area contributed by atoms with Crippen molar-refractivity contribution in [2.24, 2.45) is 5.73 Å². The van der Waals surface area contributed by atoms with E-state index in [0.29, 0.717) is 11.3 Å². The highest BCUT2D eigenvalue weighted by Crippen LogP contribution is 2.19. The third-order valence-corrected chi connectivity index (χ3v) is 2.13. The van der Waals surface area contributed by atoms with Crippen molar-refractivity contribution >= 4 is 11.9 Å². The largest absolute Gasteiger partial charge is 0.484 e. The highest BCUT2D eigenvalue weighted by atomic mass is 16.5. The molecule has 1 atom stereocenters. The highest BCUT2D eigenvalue weighted by molar-refractivity contribution is 5.76. The molecule has 0 saturated heterocycles. The van der Waals surface area contributed by atoms with Crippen molar-refractivity contribution in [3.05, 3.63) is 29.8 Å². The molecule has 3 N–H and O–H groups in total. The lowest BCUT2D eigenvalue weighted by molar-refractivity contribution is -0.138. The molecule has 0 fully saturated rings. The molecule has 0 spiro atoms. The number of hydrogen-bond donors (Lipinski definition) is 2. The zero-order valence-electron chi connectivity index (χ0n) is 8.84. The van der Waals surface area contributed by atoms with Gasteiger partial charge in [-0.15, -0.1) is 0 Å². The van der Waals surface area contributed by atoms with E-state index in [2.05, 4.69) is 0 Å². The van der Waals surface area contributed by atoms with Gasteiger partial charge in [0.2, 0.25) is 0 Å². The summed E-state index contributed by atoms with van der Waals surface area (Å²) in [6.07, 6.45) is 0. The first kappa shape index (κ1) is 12.0. The Morgan fingerprint density at radius 3 is 2.38 bits per heavy atom. The van der Waals surface area contributed by atoms with Gasteiger partial charge in [0.1, 0.15) is 5.75 Å². The van der Waals surface area contributed by atoms with Gasteiger partial charge < -0.3 is 15.6 Å². The molecule has 1 unspecified atom stereocenters. The van der Waals surface area contributed by atoms with Gasteiger partial charge in [0, 0.05) is 0 Å². The van der Waals surface area contributed by atoms with Crippen LogP contribution in [0.1, 0.15) is 18.4 Å². The summed E-state index contributed by atoms with van der Waals surface area (Å²) in [4.78, 5) is 21.2. The molecule has 1 aromatic rings. The Balaban J connectivity index is 2.67. The van der Waals surface area contributed by atoms with Crippen molar-refractivity contribution in [2.45, 2.75) is 12.8 Å². The minimum atomic E-state index is -0.884. The normalized spacial score (nSPS) is 11.8. The summed E-state index contributed by atoms with van der Waals surface area (Å²) in [5, 5.41) is 8.79. The minimum absolute atomic E-state index is 0.187. The predicted octanol–water partition coefficient (Wildman–Crippen LogP) is 0.739. The Bertz CT molecular complexity index is 385. The number of benzene rings is 1. The predicted molar refractivity (Wildman–Crippen MR) is 57.2 cm³/mol. The fourth-order valence-corrected chi connectivity index (χ4v) is 1.15. The number of ether oxygens (including phenoxy) is 1. The standard InChI is InChI=1S/C11H13NO4/c1-7(11(14)15)8-2-4-9(5-3-8)16-6-10(12)13/h2-5,7H,6H2,1H3,(H2,12,13)(H,14,15). The van der Waals surface area contributed by atoms with Crippen LogP contribution in [0.2, 0.25) is 0 Å². The van der Waals surface area contributed by atoms with E-state index in [9.17, 15) is 9.59 Å². The van der Waals surface area contributed by atoms with Crippen LogP contribution in [0.15, 0.2) is 24.3 Å². The molecule has 1 rings (SSSR count). The average molecular weight is 223 g/mol. The summed E-state index contributed by atoms with van der Waals surface area (Å²) in [5.41, 5.74) is 5.60. The Labute approximate surface area is 92.8 Å². The fraction of sp³-hybridized carbons (Fsp3) is 0.273. The van der Waals surface area contributed by atoms with Crippen molar-refractivity contribution in [1.29, 1.82) is 0 Å². The van der Waals surface area contributed by atoms with Crippen molar-refractivity contribution in [2.75, 3.05) is 6.61 Å². The van der Waals surface area contributed by atoms with Gasteiger partial charge in [-0.25, -0.2) is 0 Å². The van der Waals surface area contributed by atoms with E-state index in [-0.39, 0.29) is 6.61 Å². The quantitative estimate of drug-likeness (QED) is 0.770. The van der Waals surface area contributed by atoms with E-state index in [1.54, 1.807) is 31.2 Å². The first-order chi connectivity index (χ1) is 7.50. The Kier molecular flexibility index (Phi) is 3.88. The van der Waals surface area contributed by atoms with Crippen LogP contribution < -0.4 is 10.5 Å². The van der Waals surface area contributed by atoms with Gasteiger partial charge in [-0.2, -0.15) is 0 Å². The van der Waals surface area contributed by atoms with Gasteiger partial charge >= 0.3 is 5.97 Å². The van der Waals surface area contributed by atoms with Gasteiger partial charge in [0.05, 0.1) is 5.92 Å². The maximum Gasteiger partial charge on any atom is 0.310 e. The number of amides is 1. The summed E-state index contributed by atoms with van der Waals surface area (Å²) >= 11 is 0. The van der Waals surface area contributed by atoms with Crippen LogP contribution in [0, 0.1) is 0 Å². The van der Waals surface area contributed by atoms with E-state index in [1.807, 2.05) is 0 Å². The van der Waals surface area contributed by atoms with E-state index >= 15 is 0 Å². The zero-order valence-corrected chi connectivity index (χ0v) is 8.84. The monoisotopic (exact) mass is 223 g/mol. The summed E-state index contributed by atoms with van der Waals surface area (Å²) in [6, 6.07) is 6.51. The number of carboxylic acids is 1. The molecule has 0 heterocycles. The van der Waals surface area contributed by atoms with Gasteiger partial charge in [0.25, 0.3) is 5.91 Å². The number of carbonyl (C=O) groups excluding carboxylic acids is 1. The van der Waals surface area contributed by atoms with Gasteiger partial charge in [0.15, 0.2) is 6.61 Å². The first-order valence-electron chi connectivity index (χ1n) is 4.74. The van der Waals surface area contributed by atoms with Crippen LogP contribution in [-0.4, -0.2) is 23.6 Å². The molecular formula is C11H13NO4. The maximum absolute atomic E-state index is 10.7. The number of hydrogen-bond acceptors (Lipinski definition) is 3. The Morgan fingerprint density at radius 1 is 1.38 bits per heavy atom. The smallest absolute Gasteiger partial charge is 0.310 e.